The number of hydrogen-bond acceptors (Lipinski definition) is 4. The fourth-order valence-corrected chi connectivity index (χ4v) is 9.54. The van der Waals surface area contributed by atoms with Gasteiger partial charge in [0.15, 0.2) is 5.58 Å². The van der Waals surface area contributed by atoms with Crippen molar-refractivity contribution in [1.29, 1.82) is 0 Å². The molecule has 238 valence electrons. The minimum atomic E-state index is -0.237. The van der Waals surface area contributed by atoms with Crippen LogP contribution in [0.4, 0.5) is 22.7 Å². The monoisotopic (exact) mass is 636 g/mol. The van der Waals surface area contributed by atoms with Gasteiger partial charge in [0.1, 0.15) is 17.3 Å². The number of benzene rings is 4. The van der Waals surface area contributed by atoms with E-state index in [-0.39, 0.29) is 23.5 Å². The Morgan fingerprint density at radius 2 is 1.61 bits per heavy atom. The summed E-state index contributed by atoms with van der Waals surface area (Å²) >= 11 is 0. The molecule has 5 aliphatic rings. The minimum Gasteiger partial charge on any atom is -0.460 e. The number of para-hydroxylation sites is 3. The van der Waals surface area contributed by atoms with Gasteiger partial charge in [-0.1, -0.05) is 98.0 Å². The van der Waals surface area contributed by atoms with Gasteiger partial charge in [-0.2, -0.15) is 0 Å². The van der Waals surface area contributed by atoms with Crippen LogP contribution >= 0.6 is 0 Å². The molecule has 49 heavy (non-hydrogen) atoms. The van der Waals surface area contributed by atoms with Gasteiger partial charge in [0.25, 0.3) is 0 Å². The predicted molar refractivity (Wildman–Crippen MR) is 203 cm³/mol. The molecule has 5 aromatic rings. The highest BCUT2D eigenvalue weighted by Crippen LogP contribution is 2.56. The van der Waals surface area contributed by atoms with Crippen molar-refractivity contribution in [1.82, 2.24) is 0 Å². The molecular formula is C44H37BN2O2. The number of anilines is 4. The molecular weight excluding hydrogens is 599 g/mol. The maximum atomic E-state index is 6.64. The molecule has 0 saturated heterocycles. The highest BCUT2D eigenvalue weighted by Gasteiger charge is 2.56. The number of fused-ring (bicyclic) bond motifs is 8. The number of furan rings is 1. The van der Waals surface area contributed by atoms with Gasteiger partial charge >= 0.3 is 0 Å². The second-order valence-electron chi connectivity index (χ2n) is 14.5. The van der Waals surface area contributed by atoms with Crippen molar-refractivity contribution in [2.24, 2.45) is 0 Å². The van der Waals surface area contributed by atoms with Crippen molar-refractivity contribution in [3.8, 4) is 5.75 Å². The third-order valence-corrected chi connectivity index (χ3v) is 11.7. The minimum absolute atomic E-state index is 0.0801. The molecule has 1 aromatic heterocycles. The Balaban J connectivity index is 1.22. The normalized spacial score (nSPS) is 24.2. The van der Waals surface area contributed by atoms with Crippen molar-refractivity contribution >= 4 is 57.4 Å². The van der Waals surface area contributed by atoms with Crippen LogP contribution in [0, 0.1) is 6.92 Å². The molecule has 4 aromatic carbocycles. The summed E-state index contributed by atoms with van der Waals surface area (Å²) in [6.45, 7) is 9.07. The van der Waals surface area contributed by atoms with E-state index in [0.717, 1.165) is 45.9 Å². The third-order valence-electron chi connectivity index (χ3n) is 11.7. The van der Waals surface area contributed by atoms with E-state index < -0.39 is 0 Å². The first-order valence-electron chi connectivity index (χ1n) is 17.4. The summed E-state index contributed by atoms with van der Waals surface area (Å²) in [5, 5.41) is 0.917. The number of ether oxygens (including phenoxy) is 1. The van der Waals surface area contributed by atoms with Crippen LogP contribution in [0.1, 0.15) is 44.1 Å². The lowest BCUT2D eigenvalue weighted by molar-refractivity contribution is 0.372. The summed E-state index contributed by atoms with van der Waals surface area (Å²) < 4.78 is 13.1. The van der Waals surface area contributed by atoms with Crippen molar-refractivity contribution in [3.63, 3.8) is 0 Å². The molecule has 4 nitrogen and oxygen atoms in total. The van der Waals surface area contributed by atoms with E-state index in [4.69, 9.17) is 9.15 Å². The van der Waals surface area contributed by atoms with Crippen LogP contribution in [-0.4, -0.2) is 12.8 Å². The zero-order chi connectivity index (χ0) is 33.1. The number of hydrogen-bond donors (Lipinski definition) is 0. The van der Waals surface area contributed by atoms with Gasteiger partial charge in [-0.15, -0.1) is 0 Å². The van der Waals surface area contributed by atoms with Gasteiger partial charge in [0, 0.05) is 45.7 Å². The quantitative estimate of drug-likeness (QED) is 0.185. The summed E-state index contributed by atoms with van der Waals surface area (Å²) in [6, 6.07) is 31.2. The predicted octanol–water partition coefficient (Wildman–Crippen LogP) is 9.76. The SMILES string of the molecule is C/C=C\c1c(C)oc2c(N3c4cccc5c4B(c4ccccc4N5C4=CC=C5Oc6ccccc6C5(C)C4)C4(C)C=CC=CC34)cccc12. The van der Waals surface area contributed by atoms with E-state index in [1.165, 1.54) is 39.2 Å². The molecule has 0 radical (unpaired) electrons. The first kappa shape index (κ1) is 28.6. The molecule has 3 aliphatic heterocycles. The molecule has 0 fully saturated rings. The van der Waals surface area contributed by atoms with Crippen LogP contribution in [-0.2, 0) is 5.41 Å². The summed E-state index contributed by atoms with van der Waals surface area (Å²) in [5.41, 5.74) is 11.9. The van der Waals surface area contributed by atoms with Gasteiger partial charge < -0.3 is 19.0 Å². The largest absolute Gasteiger partial charge is 0.460 e. The number of rotatable bonds is 3. The van der Waals surface area contributed by atoms with Gasteiger partial charge in [-0.3, -0.25) is 0 Å². The molecule has 0 saturated carbocycles. The Hall–Kier alpha value is -5.42. The number of aryl methyl sites for hydroxylation is 1. The van der Waals surface area contributed by atoms with E-state index in [0.29, 0.717) is 0 Å². The zero-order valence-electron chi connectivity index (χ0n) is 28.3. The second-order valence-corrected chi connectivity index (χ2v) is 14.5. The Morgan fingerprint density at radius 1 is 0.837 bits per heavy atom. The zero-order valence-corrected chi connectivity index (χ0v) is 28.3. The number of nitrogens with zero attached hydrogens (tertiary/aromatic N) is 2. The lowest BCUT2D eigenvalue weighted by atomic mass is 9.23. The molecule has 0 spiro atoms. The van der Waals surface area contributed by atoms with E-state index in [1.54, 1.807) is 0 Å². The molecule has 5 heteroatoms. The average molecular weight is 637 g/mol. The molecule has 0 amide bonds. The summed E-state index contributed by atoms with van der Waals surface area (Å²) in [5.74, 6) is 2.93. The van der Waals surface area contributed by atoms with Crippen LogP contribution in [0.3, 0.4) is 0 Å². The van der Waals surface area contributed by atoms with Crippen LogP contribution in [0.5, 0.6) is 5.75 Å². The van der Waals surface area contributed by atoms with E-state index in [1.807, 2.05) is 0 Å². The lowest BCUT2D eigenvalue weighted by Crippen LogP contribution is -2.66. The van der Waals surface area contributed by atoms with Crippen molar-refractivity contribution < 1.29 is 9.15 Å². The first-order valence-corrected chi connectivity index (χ1v) is 17.4. The van der Waals surface area contributed by atoms with Crippen molar-refractivity contribution in [2.45, 2.75) is 50.9 Å². The molecule has 0 bridgehead atoms. The maximum Gasteiger partial charge on any atom is 0.229 e. The molecule has 3 atom stereocenters. The summed E-state index contributed by atoms with van der Waals surface area (Å²) in [4.78, 5) is 5.10. The van der Waals surface area contributed by atoms with Gasteiger partial charge in [0.05, 0.1) is 17.1 Å². The Kier molecular flexibility index (Phi) is 5.86. The Morgan fingerprint density at radius 3 is 2.51 bits per heavy atom. The van der Waals surface area contributed by atoms with Crippen molar-refractivity contribution in [3.05, 3.63) is 156 Å². The Bertz CT molecular complexity index is 2390. The topological polar surface area (TPSA) is 28.9 Å². The first-order chi connectivity index (χ1) is 23.9. The van der Waals surface area contributed by atoms with Gasteiger partial charge in [-0.05, 0) is 79.5 Å². The van der Waals surface area contributed by atoms with Gasteiger partial charge in [0.2, 0.25) is 6.71 Å². The second kappa shape index (κ2) is 10.1. The van der Waals surface area contributed by atoms with E-state index in [9.17, 15) is 0 Å². The maximum absolute atomic E-state index is 6.64. The third kappa shape index (κ3) is 3.71. The van der Waals surface area contributed by atoms with Crippen LogP contribution < -0.4 is 25.5 Å². The fraction of sp³-hybridized carbons (Fsp3) is 0.182. The van der Waals surface area contributed by atoms with Crippen LogP contribution in [0.25, 0.3) is 17.0 Å². The standard InChI is InChI=1S/C44H37BN2O2/c1-5-14-30-28(2)48-42-31(30)15-12-21-37(42)47-36-20-13-19-35-41(36)45(44(4)26-11-10-23-39(44)47)33-17-7-8-18-34(33)46(35)29-24-25-40-43(3,27-29)32-16-6-9-22-38(32)49-40/h5-26,39H,27H2,1-4H3/b14-5-. The van der Waals surface area contributed by atoms with Crippen LogP contribution in [0.15, 0.2) is 143 Å². The molecule has 3 unspecified atom stereocenters. The van der Waals surface area contributed by atoms with E-state index >= 15 is 0 Å². The summed E-state index contributed by atoms with van der Waals surface area (Å²) in [6.07, 6.45) is 18.9. The molecule has 0 N–H and O–H groups in total. The molecule has 2 aliphatic carbocycles. The fourth-order valence-electron chi connectivity index (χ4n) is 9.54. The molecule has 4 heterocycles. The highest BCUT2D eigenvalue weighted by molar-refractivity contribution is 6.92. The Labute approximate surface area is 288 Å². The van der Waals surface area contributed by atoms with Crippen LogP contribution in [0.2, 0.25) is 5.31 Å². The van der Waals surface area contributed by atoms with Crippen molar-refractivity contribution in [2.75, 3.05) is 9.80 Å². The average Bonchev–Trinajstić information content (AvgIpc) is 3.60. The van der Waals surface area contributed by atoms with E-state index in [2.05, 4.69) is 171 Å². The summed E-state index contributed by atoms with van der Waals surface area (Å²) in [7, 11) is 0. The highest BCUT2D eigenvalue weighted by atomic mass is 16.5. The smallest absolute Gasteiger partial charge is 0.229 e. The number of allylic oxidation sites excluding steroid dienone is 7. The molecule has 10 rings (SSSR count). The van der Waals surface area contributed by atoms with Gasteiger partial charge in [-0.25, -0.2) is 0 Å². The lowest BCUT2D eigenvalue weighted by Gasteiger charge is -2.55.